The maximum atomic E-state index is 4.52. The highest BCUT2D eigenvalue weighted by atomic mass is 15.3. The molecule has 3 aromatic heterocycles. The van der Waals surface area contributed by atoms with E-state index in [0.29, 0.717) is 0 Å². The average Bonchev–Trinajstić information content (AvgIpc) is 2.94. The van der Waals surface area contributed by atoms with Crippen LogP contribution in [0.25, 0.3) is 5.65 Å². The topological polar surface area (TPSA) is 55.1 Å². The predicted molar refractivity (Wildman–Crippen MR) is 73.9 cm³/mol. The second-order valence-corrected chi connectivity index (χ2v) is 4.30. The van der Waals surface area contributed by atoms with Crippen molar-refractivity contribution < 1.29 is 0 Å². The Hall–Kier alpha value is -2.43. The highest BCUT2D eigenvalue weighted by Gasteiger charge is 2.05. The first-order valence-electron chi connectivity index (χ1n) is 6.33. The van der Waals surface area contributed by atoms with Crippen LogP contribution in [0.1, 0.15) is 18.2 Å². The van der Waals surface area contributed by atoms with Crippen LogP contribution in [0.2, 0.25) is 0 Å². The van der Waals surface area contributed by atoms with Crippen LogP contribution in [0, 0.1) is 0 Å². The normalized spacial score (nSPS) is 10.8. The molecule has 19 heavy (non-hydrogen) atoms. The lowest BCUT2D eigenvalue weighted by Crippen LogP contribution is -2.07. The van der Waals surface area contributed by atoms with Crippen LogP contribution in [-0.4, -0.2) is 19.6 Å². The molecule has 5 heteroatoms. The summed E-state index contributed by atoms with van der Waals surface area (Å²) in [5.74, 6) is 0.962. The highest BCUT2D eigenvalue weighted by Crippen LogP contribution is 2.13. The Balaban J connectivity index is 1.89. The van der Waals surface area contributed by atoms with Gasteiger partial charge in [-0.25, -0.2) is 4.98 Å². The van der Waals surface area contributed by atoms with Gasteiger partial charge in [-0.3, -0.25) is 4.98 Å². The lowest BCUT2D eigenvalue weighted by Gasteiger charge is -2.09. The maximum Gasteiger partial charge on any atom is 0.157 e. The van der Waals surface area contributed by atoms with Crippen molar-refractivity contribution in [2.24, 2.45) is 0 Å². The summed E-state index contributed by atoms with van der Waals surface area (Å²) in [7, 11) is 0. The number of nitrogens with zero attached hydrogens (tertiary/aromatic N) is 4. The summed E-state index contributed by atoms with van der Waals surface area (Å²) in [5.41, 5.74) is 3.12. The Kier molecular flexibility index (Phi) is 3.10. The number of nitrogens with one attached hydrogen (secondary N) is 1. The molecule has 0 saturated heterocycles. The van der Waals surface area contributed by atoms with Crippen molar-refractivity contribution in [2.45, 2.75) is 19.9 Å². The second kappa shape index (κ2) is 5.06. The summed E-state index contributed by atoms with van der Waals surface area (Å²) in [5, 5.41) is 7.68. The Morgan fingerprint density at radius 1 is 1.16 bits per heavy atom. The third-order valence-corrected chi connectivity index (χ3v) is 3.00. The van der Waals surface area contributed by atoms with E-state index in [1.165, 1.54) is 5.56 Å². The Morgan fingerprint density at radius 3 is 2.79 bits per heavy atom. The van der Waals surface area contributed by atoms with Gasteiger partial charge < -0.3 is 5.32 Å². The summed E-state index contributed by atoms with van der Waals surface area (Å²) in [6.45, 7) is 2.84. The number of hydrogen-bond acceptors (Lipinski definition) is 4. The molecule has 5 nitrogen and oxygen atoms in total. The van der Waals surface area contributed by atoms with Crippen LogP contribution in [0.3, 0.4) is 0 Å². The number of pyridine rings is 1. The maximum absolute atomic E-state index is 4.52. The molecule has 96 valence electrons. The minimum absolute atomic E-state index is 0.741. The van der Waals surface area contributed by atoms with Gasteiger partial charge in [-0.1, -0.05) is 6.92 Å². The number of rotatable bonds is 4. The zero-order chi connectivity index (χ0) is 13.1. The monoisotopic (exact) mass is 253 g/mol. The number of hydrogen-bond donors (Lipinski definition) is 1. The van der Waals surface area contributed by atoms with Crippen molar-refractivity contribution in [3.63, 3.8) is 0 Å². The zero-order valence-corrected chi connectivity index (χ0v) is 10.7. The van der Waals surface area contributed by atoms with E-state index in [-0.39, 0.29) is 0 Å². The van der Waals surface area contributed by atoms with Gasteiger partial charge in [-0.05, 0) is 24.1 Å². The predicted octanol–water partition coefficient (Wildman–Crippen LogP) is 2.30. The molecule has 0 unspecified atom stereocenters. The summed E-state index contributed by atoms with van der Waals surface area (Å²) in [6.07, 6.45) is 6.26. The Morgan fingerprint density at radius 2 is 2.00 bits per heavy atom. The molecule has 0 aromatic carbocycles. The molecular weight excluding hydrogens is 238 g/mol. The molecule has 0 fully saturated rings. The van der Waals surface area contributed by atoms with Crippen LogP contribution in [0.4, 0.5) is 5.82 Å². The number of fused-ring (bicyclic) bond motifs is 1. The number of aryl methyl sites for hydroxylation is 1. The number of anilines is 1. The third kappa shape index (κ3) is 2.40. The van der Waals surface area contributed by atoms with E-state index >= 15 is 0 Å². The largest absolute Gasteiger partial charge is 0.366 e. The molecule has 0 atom stereocenters. The summed E-state index contributed by atoms with van der Waals surface area (Å²) < 4.78 is 1.82. The first-order valence-corrected chi connectivity index (χ1v) is 6.33. The molecular formula is C14H15N5. The fourth-order valence-corrected chi connectivity index (χ4v) is 1.97. The SMILES string of the molecule is CCc1cc(NCc2ccncc2)n2nccc2n1. The molecule has 0 saturated carbocycles. The minimum Gasteiger partial charge on any atom is -0.366 e. The molecule has 0 aliphatic carbocycles. The van der Waals surface area contributed by atoms with Gasteiger partial charge in [0.05, 0.1) is 6.20 Å². The van der Waals surface area contributed by atoms with Gasteiger partial charge in [0.1, 0.15) is 5.82 Å². The van der Waals surface area contributed by atoms with Crippen LogP contribution in [0.5, 0.6) is 0 Å². The Labute approximate surface area is 111 Å². The quantitative estimate of drug-likeness (QED) is 0.775. The molecule has 0 aliphatic heterocycles. The van der Waals surface area contributed by atoms with E-state index in [2.05, 4.69) is 27.3 Å². The molecule has 3 rings (SSSR count). The van der Waals surface area contributed by atoms with Gasteiger partial charge in [-0.15, -0.1) is 0 Å². The summed E-state index contributed by atoms with van der Waals surface area (Å²) in [4.78, 5) is 8.53. The first kappa shape index (κ1) is 11.6. The highest BCUT2D eigenvalue weighted by molar-refractivity contribution is 5.49. The fraction of sp³-hybridized carbons (Fsp3) is 0.214. The van der Waals surface area contributed by atoms with Gasteiger partial charge in [0, 0.05) is 36.8 Å². The molecule has 3 heterocycles. The first-order chi connectivity index (χ1) is 9.36. The van der Waals surface area contributed by atoms with Crippen molar-refractivity contribution in [1.29, 1.82) is 0 Å². The molecule has 3 aromatic rings. The lowest BCUT2D eigenvalue weighted by molar-refractivity contribution is 0.902. The molecule has 0 aliphatic rings. The summed E-state index contributed by atoms with van der Waals surface area (Å²) in [6, 6.07) is 7.95. The molecule has 0 spiro atoms. The van der Waals surface area contributed by atoms with E-state index < -0.39 is 0 Å². The van der Waals surface area contributed by atoms with E-state index in [1.807, 2.05) is 28.8 Å². The fourth-order valence-electron chi connectivity index (χ4n) is 1.97. The van der Waals surface area contributed by atoms with Gasteiger partial charge in [0.2, 0.25) is 0 Å². The molecule has 0 radical (unpaired) electrons. The van der Waals surface area contributed by atoms with Crippen LogP contribution < -0.4 is 5.32 Å². The minimum atomic E-state index is 0.741. The second-order valence-electron chi connectivity index (χ2n) is 4.30. The third-order valence-electron chi connectivity index (χ3n) is 3.00. The zero-order valence-electron chi connectivity index (χ0n) is 10.7. The van der Waals surface area contributed by atoms with E-state index in [1.54, 1.807) is 18.6 Å². The van der Waals surface area contributed by atoms with Crippen molar-refractivity contribution in [2.75, 3.05) is 5.32 Å². The van der Waals surface area contributed by atoms with Gasteiger partial charge in [-0.2, -0.15) is 9.61 Å². The summed E-state index contributed by atoms with van der Waals surface area (Å²) >= 11 is 0. The van der Waals surface area contributed by atoms with E-state index in [4.69, 9.17) is 0 Å². The van der Waals surface area contributed by atoms with Crippen LogP contribution in [0.15, 0.2) is 42.9 Å². The van der Waals surface area contributed by atoms with Gasteiger partial charge in [0.25, 0.3) is 0 Å². The van der Waals surface area contributed by atoms with E-state index in [9.17, 15) is 0 Å². The van der Waals surface area contributed by atoms with Crippen molar-refractivity contribution in [1.82, 2.24) is 19.6 Å². The van der Waals surface area contributed by atoms with Crippen molar-refractivity contribution in [3.8, 4) is 0 Å². The van der Waals surface area contributed by atoms with Gasteiger partial charge in [0.15, 0.2) is 5.65 Å². The average molecular weight is 253 g/mol. The van der Waals surface area contributed by atoms with Crippen LogP contribution >= 0.6 is 0 Å². The Bertz CT molecular complexity index is 675. The lowest BCUT2D eigenvalue weighted by atomic mass is 10.2. The van der Waals surface area contributed by atoms with Crippen molar-refractivity contribution >= 4 is 11.5 Å². The van der Waals surface area contributed by atoms with Crippen molar-refractivity contribution in [3.05, 3.63) is 54.1 Å². The smallest absolute Gasteiger partial charge is 0.157 e. The van der Waals surface area contributed by atoms with Gasteiger partial charge >= 0.3 is 0 Å². The van der Waals surface area contributed by atoms with Crippen LogP contribution in [-0.2, 0) is 13.0 Å². The molecule has 1 N–H and O–H groups in total. The van der Waals surface area contributed by atoms with E-state index in [0.717, 1.165) is 30.1 Å². The standard InChI is InChI=1S/C14H15N5/c1-2-12-9-14(19-13(18-12)5-8-17-19)16-10-11-3-6-15-7-4-11/h3-9,16H,2,10H2,1H3. The molecule has 0 bridgehead atoms. The molecule has 0 amide bonds. The number of aromatic nitrogens is 4.